The molecule has 2 aromatic carbocycles. The molecule has 1 aliphatic rings. The van der Waals surface area contributed by atoms with Crippen molar-refractivity contribution in [2.45, 2.75) is 32.3 Å². The van der Waals surface area contributed by atoms with E-state index >= 15 is 0 Å². The van der Waals surface area contributed by atoms with Crippen LogP contribution >= 0.6 is 0 Å². The topological polar surface area (TPSA) is 20.2 Å². The Morgan fingerprint density at radius 1 is 1.16 bits per heavy atom. The van der Waals surface area contributed by atoms with Crippen LogP contribution in [0.3, 0.4) is 0 Å². The number of aryl methyl sites for hydroxylation is 1. The van der Waals surface area contributed by atoms with Crippen LogP contribution in [0.5, 0.6) is 0 Å². The van der Waals surface area contributed by atoms with Gasteiger partial charge in [0.1, 0.15) is 5.82 Å². The summed E-state index contributed by atoms with van der Waals surface area (Å²) in [5, 5.41) is 9.47. The zero-order valence-electron chi connectivity index (χ0n) is 11.0. The van der Waals surface area contributed by atoms with Gasteiger partial charge >= 0.3 is 0 Å². The number of fused-ring (bicyclic) bond motifs is 2. The van der Waals surface area contributed by atoms with E-state index in [9.17, 15) is 9.50 Å². The Hall–Kier alpha value is -1.67. The summed E-state index contributed by atoms with van der Waals surface area (Å²) in [6.45, 7) is 2.18. The fourth-order valence-corrected chi connectivity index (χ4v) is 3.14. The second kappa shape index (κ2) is 4.78. The first-order valence-corrected chi connectivity index (χ1v) is 6.70. The van der Waals surface area contributed by atoms with Crippen LogP contribution in [0, 0.1) is 5.82 Å². The van der Waals surface area contributed by atoms with Crippen molar-refractivity contribution in [2.75, 3.05) is 0 Å². The zero-order valence-corrected chi connectivity index (χ0v) is 11.0. The highest BCUT2D eigenvalue weighted by molar-refractivity contribution is 5.47. The Kier molecular flexibility index (Phi) is 3.11. The summed E-state index contributed by atoms with van der Waals surface area (Å²) in [6, 6.07) is 11.1. The molecule has 0 radical (unpaired) electrons. The fourth-order valence-electron chi connectivity index (χ4n) is 3.14. The van der Waals surface area contributed by atoms with Crippen molar-refractivity contribution in [1.29, 1.82) is 0 Å². The molecule has 1 nitrogen and oxygen atoms in total. The fraction of sp³-hybridized carbons (Fsp3) is 0.294. The molecule has 0 spiro atoms. The third kappa shape index (κ3) is 2.06. The Balaban J connectivity index is 2.18. The van der Waals surface area contributed by atoms with E-state index in [0.29, 0.717) is 0 Å². The number of aliphatic hydroxyl groups excluding tert-OH is 1. The molecule has 1 N–H and O–H groups in total. The van der Waals surface area contributed by atoms with E-state index in [1.807, 2.05) is 18.2 Å². The van der Waals surface area contributed by atoms with Crippen molar-refractivity contribution in [2.24, 2.45) is 0 Å². The van der Waals surface area contributed by atoms with Gasteiger partial charge in [0.15, 0.2) is 0 Å². The molecular formula is C17H17FO. The molecule has 0 aliphatic heterocycles. The van der Waals surface area contributed by atoms with Crippen LogP contribution < -0.4 is 0 Å². The third-order valence-corrected chi connectivity index (χ3v) is 4.16. The first-order chi connectivity index (χ1) is 9.20. The molecule has 0 bridgehead atoms. The third-order valence-electron chi connectivity index (χ3n) is 4.16. The van der Waals surface area contributed by atoms with Gasteiger partial charge in [-0.2, -0.15) is 0 Å². The molecule has 2 heteroatoms. The lowest BCUT2D eigenvalue weighted by molar-refractivity contribution is 0.280. The lowest BCUT2D eigenvalue weighted by Gasteiger charge is -2.17. The van der Waals surface area contributed by atoms with Gasteiger partial charge in [-0.25, -0.2) is 4.39 Å². The molecule has 1 unspecified atom stereocenters. The summed E-state index contributed by atoms with van der Waals surface area (Å²) in [4.78, 5) is 0. The summed E-state index contributed by atoms with van der Waals surface area (Å²) in [6.07, 6.45) is 1.82. The van der Waals surface area contributed by atoms with Gasteiger partial charge in [-0.15, -0.1) is 0 Å². The van der Waals surface area contributed by atoms with E-state index in [1.54, 1.807) is 6.07 Å². The summed E-state index contributed by atoms with van der Waals surface area (Å²) < 4.78 is 13.5. The van der Waals surface area contributed by atoms with E-state index in [-0.39, 0.29) is 18.3 Å². The van der Waals surface area contributed by atoms with Gasteiger partial charge in [-0.3, -0.25) is 0 Å². The summed E-state index contributed by atoms with van der Waals surface area (Å²) >= 11 is 0. The monoisotopic (exact) mass is 256 g/mol. The molecular weight excluding hydrogens is 239 g/mol. The van der Waals surface area contributed by atoms with Gasteiger partial charge in [0.2, 0.25) is 0 Å². The molecule has 0 heterocycles. The van der Waals surface area contributed by atoms with E-state index in [2.05, 4.69) is 13.0 Å². The molecule has 0 saturated heterocycles. The van der Waals surface area contributed by atoms with Gasteiger partial charge in [0, 0.05) is 5.92 Å². The lowest BCUT2D eigenvalue weighted by atomic mass is 9.88. The molecule has 1 atom stereocenters. The van der Waals surface area contributed by atoms with Crippen molar-refractivity contribution in [1.82, 2.24) is 0 Å². The van der Waals surface area contributed by atoms with Gasteiger partial charge in [-0.05, 0) is 52.8 Å². The van der Waals surface area contributed by atoms with Crippen molar-refractivity contribution >= 4 is 0 Å². The zero-order chi connectivity index (χ0) is 13.4. The highest BCUT2D eigenvalue weighted by Gasteiger charge is 2.21. The van der Waals surface area contributed by atoms with Gasteiger partial charge in [0.25, 0.3) is 0 Å². The number of halogens is 1. The first-order valence-electron chi connectivity index (χ1n) is 6.70. The minimum atomic E-state index is -0.174. The second-order valence-corrected chi connectivity index (χ2v) is 5.21. The van der Waals surface area contributed by atoms with E-state index in [4.69, 9.17) is 0 Å². The smallest absolute Gasteiger partial charge is 0.123 e. The second-order valence-electron chi connectivity index (χ2n) is 5.21. The normalized spacial score (nSPS) is 17.5. The van der Waals surface area contributed by atoms with Gasteiger partial charge in [-0.1, -0.05) is 31.2 Å². The number of hydrogen-bond acceptors (Lipinski definition) is 1. The van der Waals surface area contributed by atoms with Crippen LogP contribution in [0.2, 0.25) is 0 Å². The number of aliphatic hydroxyl groups is 1. The number of hydrogen-bond donors (Lipinski definition) is 1. The van der Waals surface area contributed by atoms with Crippen LogP contribution in [0.15, 0.2) is 36.4 Å². The molecule has 0 fully saturated rings. The number of rotatable bonds is 1. The predicted molar refractivity (Wildman–Crippen MR) is 73.7 cm³/mol. The van der Waals surface area contributed by atoms with Crippen LogP contribution in [-0.2, 0) is 19.4 Å². The Bertz CT molecular complexity index is 619. The van der Waals surface area contributed by atoms with Crippen molar-refractivity contribution < 1.29 is 9.50 Å². The molecule has 0 amide bonds. The van der Waals surface area contributed by atoms with Gasteiger partial charge in [0.05, 0.1) is 6.61 Å². The molecule has 98 valence electrons. The minimum Gasteiger partial charge on any atom is -0.392 e. The van der Waals surface area contributed by atoms with Crippen LogP contribution in [0.25, 0.3) is 0 Å². The molecule has 3 rings (SSSR count). The average molecular weight is 256 g/mol. The standard InChI is InChI=1S/C17H17FO/c1-11-15-4-2-3-13(10-19)16(15)8-6-12-5-7-14(18)9-17(11)12/h2-5,7,9,11,19H,6,8,10H2,1H3. The van der Waals surface area contributed by atoms with Crippen LogP contribution in [0.4, 0.5) is 4.39 Å². The SMILES string of the molecule is CC1c2cc(F)ccc2CCc2c(CO)cccc21. The van der Waals surface area contributed by atoms with E-state index < -0.39 is 0 Å². The van der Waals surface area contributed by atoms with Gasteiger partial charge < -0.3 is 5.11 Å². The largest absolute Gasteiger partial charge is 0.392 e. The summed E-state index contributed by atoms with van der Waals surface area (Å²) in [5.41, 5.74) is 5.74. The predicted octanol–water partition coefficient (Wildman–Crippen LogP) is 3.57. The Labute approximate surface area is 112 Å². The number of benzene rings is 2. The van der Waals surface area contributed by atoms with Crippen molar-refractivity contribution in [3.05, 3.63) is 70.0 Å². The lowest BCUT2D eigenvalue weighted by Crippen LogP contribution is -2.02. The molecule has 0 saturated carbocycles. The van der Waals surface area contributed by atoms with Crippen molar-refractivity contribution in [3.63, 3.8) is 0 Å². The maximum Gasteiger partial charge on any atom is 0.123 e. The van der Waals surface area contributed by atoms with Crippen LogP contribution in [-0.4, -0.2) is 5.11 Å². The quantitative estimate of drug-likeness (QED) is 0.827. The summed E-state index contributed by atoms with van der Waals surface area (Å²) in [7, 11) is 0. The molecule has 2 aromatic rings. The highest BCUT2D eigenvalue weighted by atomic mass is 19.1. The van der Waals surface area contributed by atoms with Crippen LogP contribution in [0.1, 0.15) is 40.7 Å². The molecule has 1 aliphatic carbocycles. The van der Waals surface area contributed by atoms with E-state index in [0.717, 1.165) is 24.0 Å². The first kappa shape index (κ1) is 12.4. The Morgan fingerprint density at radius 2 is 2.00 bits per heavy atom. The molecule has 19 heavy (non-hydrogen) atoms. The maximum absolute atomic E-state index is 13.5. The van der Waals surface area contributed by atoms with E-state index in [1.165, 1.54) is 22.8 Å². The Morgan fingerprint density at radius 3 is 2.79 bits per heavy atom. The average Bonchev–Trinajstić information content (AvgIpc) is 2.57. The molecule has 0 aromatic heterocycles. The maximum atomic E-state index is 13.5. The minimum absolute atomic E-state index is 0.0700. The highest BCUT2D eigenvalue weighted by Crippen LogP contribution is 2.35. The van der Waals surface area contributed by atoms with Crippen molar-refractivity contribution in [3.8, 4) is 0 Å². The summed E-state index contributed by atoms with van der Waals surface area (Å²) in [5.74, 6) is 0.00191.